The molecule has 3 nitrogen and oxygen atoms in total. The van der Waals surface area contributed by atoms with Gasteiger partial charge >= 0.3 is 0 Å². The van der Waals surface area contributed by atoms with E-state index in [-0.39, 0.29) is 16.8 Å². The summed E-state index contributed by atoms with van der Waals surface area (Å²) in [7, 11) is 1.57. The highest BCUT2D eigenvalue weighted by Gasteiger charge is 2.05. The Bertz CT molecular complexity index is 171. The fourth-order valence-corrected chi connectivity index (χ4v) is 1.53. The van der Waals surface area contributed by atoms with Crippen LogP contribution in [0.5, 0.6) is 0 Å². The zero-order chi connectivity index (χ0) is 10.1. The number of thioether (sulfide) groups is 1. The molecule has 0 aliphatic heterocycles. The largest absolute Gasteiger partial charge is 0.358 e. The maximum absolute atomic E-state index is 11.1. The SMILES string of the molecule is CCCCCC(=O)SCC(=O)NC. The highest BCUT2D eigenvalue weighted by molar-refractivity contribution is 8.14. The monoisotopic (exact) mass is 203 g/mol. The van der Waals surface area contributed by atoms with Crippen molar-refractivity contribution in [3.8, 4) is 0 Å². The molecule has 0 atom stereocenters. The van der Waals surface area contributed by atoms with E-state index in [1.165, 1.54) is 0 Å². The summed E-state index contributed by atoms with van der Waals surface area (Å²) in [4.78, 5) is 21.9. The molecule has 0 saturated heterocycles. The zero-order valence-electron chi connectivity index (χ0n) is 8.26. The van der Waals surface area contributed by atoms with E-state index in [4.69, 9.17) is 0 Å². The third-order valence-electron chi connectivity index (χ3n) is 1.63. The van der Waals surface area contributed by atoms with E-state index in [1.807, 2.05) is 0 Å². The van der Waals surface area contributed by atoms with Gasteiger partial charge in [-0.05, 0) is 6.42 Å². The number of nitrogens with one attached hydrogen (secondary N) is 1. The molecule has 0 aromatic rings. The third kappa shape index (κ3) is 7.84. The van der Waals surface area contributed by atoms with Crippen molar-refractivity contribution in [2.75, 3.05) is 12.8 Å². The Kier molecular flexibility index (Phi) is 7.79. The van der Waals surface area contributed by atoms with Crippen LogP contribution in [0.3, 0.4) is 0 Å². The molecular weight excluding hydrogens is 186 g/mol. The molecule has 0 aliphatic rings. The van der Waals surface area contributed by atoms with E-state index in [9.17, 15) is 9.59 Å². The lowest BCUT2D eigenvalue weighted by molar-refractivity contribution is -0.118. The maximum Gasteiger partial charge on any atom is 0.230 e. The minimum Gasteiger partial charge on any atom is -0.358 e. The van der Waals surface area contributed by atoms with Crippen molar-refractivity contribution in [3.63, 3.8) is 0 Å². The lowest BCUT2D eigenvalue weighted by Gasteiger charge is -1.99. The van der Waals surface area contributed by atoms with Crippen molar-refractivity contribution in [1.82, 2.24) is 5.32 Å². The smallest absolute Gasteiger partial charge is 0.230 e. The van der Waals surface area contributed by atoms with Gasteiger partial charge in [0.2, 0.25) is 5.91 Å². The van der Waals surface area contributed by atoms with Crippen molar-refractivity contribution in [2.45, 2.75) is 32.6 Å². The second-order valence-electron chi connectivity index (χ2n) is 2.79. The zero-order valence-corrected chi connectivity index (χ0v) is 9.08. The van der Waals surface area contributed by atoms with Gasteiger partial charge in [-0.25, -0.2) is 0 Å². The highest BCUT2D eigenvalue weighted by Crippen LogP contribution is 2.09. The molecule has 4 heteroatoms. The van der Waals surface area contributed by atoms with Gasteiger partial charge < -0.3 is 5.32 Å². The molecule has 0 spiro atoms. The summed E-state index contributed by atoms with van der Waals surface area (Å²) in [5.74, 6) is 0.162. The quantitative estimate of drug-likeness (QED) is 0.667. The molecule has 0 heterocycles. The summed E-state index contributed by atoms with van der Waals surface area (Å²) < 4.78 is 0. The van der Waals surface area contributed by atoms with Gasteiger partial charge in [-0.2, -0.15) is 0 Å². The van der Waals surface area contributed by atoms with Crippen LogP contribution in [0.2, 0.25) is 0 Å². The van der Waals surface area contributed by atoms with Gasteiger partial charge in [0.05, 0.1) is 5.75 Å². The molecule has 0 rings (SSSR count). The minimum absolute atomic E-state index is 0.0890. The second kappa shape index (κ2) is 8.10. The Labute approximate surface area is 83.7 Å². The first kappa shape index (κ1) is 12.5. The molecule has 1 amide bonds. The summed E-state index contributed by atoms with van der Waals surface area (Å²) in [6.45, 7) is 2.10. The summed E-state index contributed by atoms with van der Waals surface area (Å²) >= 11 is 1.11. The lowest BCUT2D eigenvalue weighted by atomic mass is 10.2. The predicted octanol–water partition coefficient (Wildman–Crippen LogP) is 1.57. The van der Waals surface area contributed by atoms with Crippen LogP contribution >= 0.6 is 11.8 Å². The Morgan fingerprint density at radius 1 is 1.31 bits per heavy atom. The number of hydrogen-bond donors (Lipinski definition) is 1. The van der Waals surface area contributed by atoms with Crippen molar-refractivity contribution in [1.29, 1.82) is 0 Å². The van der Waals surface area contributed by atoms with Crippen LogP contribution in [0.25, 0.3) is 0 Å². The Morgan fingerprint density at radius 3 is 2.54 bits per heavy atom. The fourth-order valence-electron chi connectivity index (χ4n) is 0.810. The summed E-state index contributed by atoms with van der Waals surface area (Å²) in [5.41, 5.74) is 0. The van der Waals surface area contributed by atoms with Gasteiger partial charge in [0.15, 0.2) is 5.12 Å². The molecule has 0 bridgehead atoms. The van der Waals surface area contributed by atoms with Crippen molar-refractivity contribution < 1.29 is 9.59 Å². The first-order chi connectivity index (χ1) is 6.20. The molecule has 0 aliphatic carbocycles. The van der Waals surface area contributed by atoms with Gasteiger partial charge in [0.1, 0.15) is 0 Å². The number of carbonyl (C=O) groups is 2. The predicted molar refractivity (Wildman–Crippen MR) is 55.7 cm³/mol. The molecule has 13 heavy (non-hydrogen) atoms. The van der Waals surface area contributed by atoms with E-state index in [1.54, 1.807) is 7.05 Å². The Morgan fingerprint density at radius 2 is 2.00 bits per heavy atom. The summed E-state index contributed by atoms with van der Waals surface area (Å²) in [5, 5.41) is 2.60. The lowest BCUT2D eigenvalue weighted by Crippen LogP contribution is -2.20. The summed E-state index contributed by atoms with van der Waals surface area (Å²) in [6, 6.07) is 0. The standard InChI is InChI=1S/C9H17NO2S/c1-3-4-5-6-9(12)13-7-8(11)10-2/h3-7H2,1-2H3,(H,10,11). The normalized spacial score (nSPS) is 9.69. The van der Waals surface area contributed by atoms with E-state index < -0.39 is 0 Å². The highest BCUT2D eigenvalue weighted by atomic mass is 32.2. The molecule has 76 valence electrons. The van der Waals surface area contributed by atoms with Gasteiger partial charge in [-0.1, -0.05) is 31.5 Å². The van der Waals surface area contributed by atoms with Crippen molar-refractivity contribution in [2.24, 2.45) is 0 Å². The van der Waals surface area contributed by atoms with Crippen molar-refractivity contribution in [3.05, 3.63) is 0 Å². The van der Waals surface area contributed by atoms with E-state index >= 15 is 0 Å². The van der Waals surface area contributed by atoms with Crippen LogP contribution in [0.1, 0.15) is 32.6 Å². The van der Waals surface area contributed by atoms with Crippen molar-refractivity contribution >= 4 is 22.8 Å². The molecular formula is C9H17NO2S. The minimum atomic E-state index is -0.0890. The van der Waals surface area contributed by atoms with Crippen LogP contribution in [-0.4, -0.2) is 23.8 Å². The van der Waals surface area contributed by atoms with Crippen LogP contribution in [0.15, 0.2) is 0 Å². The molecule has 0 saturated carbocycles. The molecule has 0 aromatic carbocycles. The Hall–Kier alpha value is -0.510. The number of carbonyl (C=O) groups excluding carboxylic acids is 2. The molecule has 0 unspecified atom stereocenters. The number of amides is 1. The molecule has 0 radical (unpaired) electrons. The first-order valence-corrected chi connectivity index (χ1v) is 5.55. The number of unbranched alkanes of at least 4 members (excludes halogenated alkanes) is 2. The molecule has 0 aromatic heterocycles. The second-order valence-corrected chi connectivity index (χ2v) is 3.82. The van der Waals surface area contributed by atoms with E-state index in [0.29, 0.717) is 6.42 Å². The first-order valence-electron chi connectivity index (χ1n) is 4.57. The van der Waals surface area contributed by atoms with E-state index in [2.05, 4.69) is 12.2 Å². The van der Waals surface area contributed by atoms with Gasteiger partial charge in [0, 0.05) is 13.5 Å². The van der Waals surface area contributed by atoms with Crippen LogP contribution < -0.4 is 5.32 Å². The maximum atomic E-state index is 11.1. The fraction of sp³-hybridized carbons (Fsp3) is 0.778. The average Bonchev–Trinajstić information content (AvgIpc) is 2.14. The van der Waals surface area contributed by atoms with Gasteiger partial charge in [0.25, 0.3) is 0 Å². The van der Waals surface area contributed by atoms with Crippen LogP contribution in [0.4, 0.5) is 0 Å². The van der Waals surface area contributed by atoms with Crippen LogP contribution in [0, 0.1) is 0 Å². The molecule has 0 fully saturated rings. The third-order valence-corrected chi connectivity index (χ3v) is 2.56. The van der Waals surface area contributed by atoms with Crippen LogP contribution in [-0.2, 0) is 9.59 Å². The number of hydrogen-bond acceptors (Lipinski definition) is 3. The topological polar surface area (TPSA) is 46.2 Å². The van der Waals surface area contributed by atoms with E-state index in [0.717, 1.165) is 31.0 Å². The average molecular weight is 203 g/mol. The summed E-state index contributed by atoms with van der Waals surface area (Å²) in [6.07, 6.45) is 3.74. The molecule has 1 N–H and O–H groups in total. The number of rotatable bonds is 6. The van der Waals surface area contributed by atoms with Gasteiger partial charge in [-0.3, -0.25) is 9.59 Å². The Balaban J connectivity index is 3.35. The van der Waals surface area contributed by atoms with Gasteiger partial charge in [-0.15, -0.1) is 0 Å².